The summed E-state index contributed by atoms with van der Waals surface area (Å²) in [5.41, 5.74) is 34.2. The molecule has 0 spiro atoms. The third-order valence-electron chi connectivity index (χ3n) is 11.2. The second-order valence-electron chi connectivity index (χ2n) is 17.4. The van der Waals surface area contributed by atoms with Crippen LogP contribution >= 0.6 is 25.3 Å². The molecule has 0 fully saturated rings. The molecule has 0 aliphatic heterocycles. The molecule has 2 aromatic carbocycles. The molecule has 0 saturated carbocycles. The van der Waals surface area contributed by atoms with Crippen LogP contribution in [0.1, 0.15) is 56.6 Å². The van der Waals surface area contributed by atoms with E-state index < -0.39 is 120 Å². The van der Waals surface area contributed by atoms with Crippen molar-refractivity contribution in [2.75, 3.05) is 31.2 Å². The molecule has 9 amide bonds. The smallest absolute Gasteiger partial charge is 0.327 e. The van der Waals surface area contributed by atoms with E-state index >= 15 is 0 Å². The fourth-order valence-electron chi connectivity index (χ4n) is 6.98. The number of thiol groups is 2. The van der Waals surface area contributed by atoms with E-state index in [0.29, 0.717) is 11.1 Å². The normalized spacial score (nSPS) is 14.3. The highest BCUT2D eigenvalue weighted by Crippen LogP contribution is 2.11. The van der Waals surface area contributed by atoms with Crippen molar-refractivity contribution in [1.29, 1.82) is 0 Å². The quantitative estimate of drug-likeness (QED) is 0.0132. The van der Waals surface area contributed by atoms with Gasteiger partial charge in [-0.25, -0.2) is 4.79 Å². The first-order valence-electron chi connectivity index (χ1n) is 24.2. The predicted octanol–water partition coefficient (Wildman–Crippen LogP) is -5.99. The Labute approximate surface area is 455 Å². The van der Waals surface area contributed by atoms with Crippen molar-refractivity contribution < 1.29 is 58.2 Å². The molecule has 424 valence electrons. The number of nitrogens with zero attached hydrogens (tertiary/aromatic N) is 2. The summed E-state index contributed by atoms with van der Waals surface area (Å²) in [6, 6.07) is 4.15. The minimum atomic E-state index is -1.70. The van der Waals surface area contributed by atoms with E-state index in [-0.39, 0.29) is 87.9 Å². The largest absolute Gasteiger partial charge is 0.480 e. The maximum absolute atomic E-state index is 14.6. The molecule has 0 unspecified atom stereocenters. The van der Waals surface area contributed by atoms with Gasteiger partial charge in [-0.05, 0) is 50.2 Å². The van der Waals surface area contributed by atoms with Gasteiger partial charge in [0.15, 0.2) is 11.9 Å². The second kappa shape index (κ2) is 34.8. The van der Waals surface area contributed by atoms with Crippen LogP contribution in [0.2, 0.25) is 0 Å². The third-order valence-corrected chi connectivity index (χ3v) is 11.9. The van der Waals surface area contributed by atoms with Crippen molar-refractivity contribution in [2.45, 2.75) is 113 Å². The Morgan fingerprint density at radius 1 is 0.494 bits per heavy atom. The lowest BCUT2D eigenvalue weighted by Crippen LogP contribution is -2.61. The van der Waals surface area contributed by atoms with Crippen molar-refractivity contribution in [1.82, 2.24) is 42.5 Å². The molecule has 0 aliphatic rings. The fraction of sp³-hybridized carbons (Fsp3) is 0.489. The number of aliphatic carboxylic acids is 1. The minimum absolute atomic E-state index is 0.0144. The summed E-state index contributed by atoms with van der Waals surface area (Å²) >= 11 is 8.09. The zero-order chi connectivity index (χ0) is 57.6. The summed E-state index contributed by atoms with van der Waals surface area (Å²) in [7, 11) is 0. The van der Waals surface area contributed by atoms with E-state index in [1.54, 1.807) is 60.7 Å². The number of nitrogens with one attached hydrogen (secondary N) is 8. The first-order valence-corrected chi connectivity index (χ1v) is 25.5. The van der Waals surface area contributed by atoms with Crippen molar-refractivity contribution in [3.63, 3.8) is 0 Å². The average molecular weight is 1120 g/mol. The zero-order valence-electron chi connectivity index (χ0n) is 42.4. The summed E-state index contributed by atoms with van der Waals surface area (Å²) in [4.78, 5) is 140. The molecule has 0 bridgehead atoms. The Morgan fingerprint density at radius 2 is 0.857 bits per heavy atom. The number of rotatable bonds is 35. The Bertz CT molecular complexity index is 2360. The number of primary amides is 1. The molecular weight excluding hydrogens is 1040 g/mol. The first kappa shape index (κ1) is 65.4. The predicted molar refractivity (Wildman–Crippen MR) is 290 cm³/mol. The standard InChI is InChI=1S/C47H72N16O12S2/c1-25(37(66)63-35(24-77)45(74)75)56-43(72)33(22-64)61-40(69)30(15-9-19-55-47(52)53)57-41(70)31(20-26-10-4-2-5-11-26)60-42(71)32(21-27-12-6-3-7-13-27)59-39(68)29(14-8-18-54-46(50)51)58-44(73)34(23-76)62-38(67)28(48)16-17-36(49)65/h2-7,10-13,25,28-35,64,76-77H,8-9,14-24,48H2,1H3,(H2,49,65)(H,56,72)(H,57,70)(H,58,73)(H,59,68)(H,60,71)(H,61,69)(H,62,67)(H,63,66)(H,74,75)(H4,50,51,54)(H4,52,53,55)/t25-,28-,29-,30-,31-,32-,33-,34-,35-/m0/s1. The summed E-state index contributed by atoms with van der Waals surface area (Å²) in [5, 5.41) is 39.3. The van der Waals surface area contributed by atoms with E-state index in [1.807, 2.05) is 0 Å². The van der Waals surface area contributed by atoms with Crippen LogP contribution in [-0.4, -0.2) is 167 Å². The SMILES string of the molecule is C[C@H](NC(=O)[C@H](CO)NC(=O)[C@H](CCCN=C(N)N)NC(=O)[C@H](Cc1ccccc1)NC(=O)[C@H](Cc1ccccc1)NC(=O)[C@H](CCCN=C(N)N)NC(=O)[C@H](CS)NC(=O)[C@@H](N)CCC(N)=O)C(=O)N[C@@H](CS)C(=O)O. The zero-order valence-corrected chi connectivity index (χ0v) is 44.2. The van der Waals surface area contributed by atoms with Gasteiger partial charge in [-0.15, -0.1) is 0 Å². The molecule has 9 atom stereocenters. The maximum Gasteiger partial charge on any atom is 0.327 e. The Balaban J connectivity index is 2.53. The molecule has 0 aliphatic carbocycles. The van der Waals surface area contributed by atoms with E-state index in [1.165, 1.54) is 6.92 Å². The highest BCUT2D eigenvalue weighted by molar-refractivity contribution is 7.80. The van der Waals surface area contributed by atoms with Crippen LogP contribution in [0.15, 0.2) is 70.6 Å². The third kappa shape index (κ3) is 25.1. The van der Waals surface area contributed by atoms with Gasteiger partial charge >= 0.3 is 5.97 Å². The monoisotopic (exact) mass is 1120 g/mol. The number of aliphatic hydroxyl groups excluding tert-OH is 1. The summed E-state index contributed by atoms with van der Waals surface area (Å²) in [6.07, 6.45) is -0.680. The van der Waals surface area contributed by atoms with Gasteiger partial charge in [0.25, 0.3) is 0 Å². The van der Waals surface area contributed by atoms with Gasteiger partial charge in [0.1, 0.15) is 48.3 Å². The van der Waals surface area contributed by atoms with E-state index in [4.69, 9.17) is 34.4 Å². The maximum atomic E-state index is 14.6. The van der Waals surface area contributed by atoms with Gasteiger partial charge < -0.3 is 87.1 Å². The van der Waals surface area contributed by atoms with Crippen LogP contribution in [0.25, 0.3) is 0 Å². The van der Waals surface area contributed by atoms with Crippen LogP contribution in [0.4, 0.5) is 0 Å². The number of aliphatic imine (C=N–C) groups is 2. The number of benzene rings is 2. The first-order chi connectivity index (χ1) is 36.5. The van der Waals surface area contributed by atoms with Crippen molar-refractivity contribution in [3.05, 3.63) is 71.8 Å². The van der Waals surface area contributed by atoms with Crippen LogP contribution in [0, 0.1) is 0 Å². The Morgan fingerprint density at radius 3 is 1.25 bits per heavy atom. The molecule has 0 radical (unpaired) electrons. The molecule has 77 heavy (non-hydrogen) atoms. The molecule has 28 nitrogen and oxygen atoms in total. The molecular formula is C47H72N16O12S2. The number of carbonyl (C=O) groups excluding carboxylic acids is 9. The Hall–Kier alpha value is -7.70. The molecule has 22 N–H and O–H groups in total. The van der Waals surface area contributed by atoms with Gasteiger partial charge in [0, 0.05) is 43.9 Å². The van der Waals surface area contributed by atoms with Crippen molar-refractivity contribution in [2.24, 2.45) is 44.4 Å². The summed E-state index contributed by atoms with van der Waals surface area (Å²) in [5.74, 6) is -10.4. The van der Waals surface area contributed by atoms with Gasteiger partial charge in [-0.3, -0.25) is 53.1 Å². The number of nitrogens with two attached hydrogens (primary N) is 6. The fourth-order valence-corrected chi connectivity index (χ4v) is 7.49. The van der Waals surface area contributed by atoms with Crippen molar-refractivity contribution >= 4 is 96.3 Å². The molecule has 0 saturated heterocycles. The number of hydrogen-bond donors (Lipinski definition) is 18. The topological polar surface area (TPSA) is 488 Å². The summed E-state index contributed by atoms with van der Waals surface area (Å²) in [6.45, 7) is 0.259. The lowest BCUT2D eigenvalue weighted by atomic mass is 10.0. The van der Waals surface area contributed by atoms with Crippen LogP contribution in [-0.2, 0) is 60.8 Å². The van der Waals surface area contributed by atoms with Gasteiger partial charge in [0.2, 0.25) is 53.2 Å². The average Bonchev–Trinajstić information content (AvgIpc) is 3.38. The second-order valence-corrected chi connectivity index (χ2v) is 18.2. The van der Waals surface area contributed by atoms with E-state index in [2.05, 4.69) is 77.8 Å². The van der Waals surface area contributed by atoms with Crippen LogP contribution < -0.4 is 76.9 Å². The van der Waals surface area contributed by atoms with Crippen LogP contribution in [0.3, 0.4) is 0 Å². The molecule has 0 aromatic heterocycles. The minimum Gasteiger partial charge on any atom is -0.480 e. The number of amides is 9. The van der Waals surface area contributed by atoms with Gasteiger partial charge in [-0.2, -0.15) is 25.3 Å². The number of carboxylic acid groups (broad SMARTS) is 1. The molecule has 2 rings (SSSR count). The van der Waals surface area contributed by atoms with E-state index in [9.17, 15) is 58.2 Å². The van der Waals surface area contributed by atoms with Crippen molar-refractivity contribution in [3.8, 4) is 0 Å². The van der Waals surface area contributed by atoms with Gasteiger partial charge in [0.05, 0.1) is 12.6 Å². The molecule has 30 heteroatoms. The number of carboxylic acids is 1. The number of aliphatic hydroxyl groups is 1. The van der Waals surface area contributed by atoms with E-state index in [0.717, 1.165) is 0 Å². The number of carbonyl (C=O) groups is 10. The highest BCUT2D eigenvalue weighted by Gasteiger charge is 2.34. The molecule has 2 aromatic rings. The van der Waals surface area contributed by atoms with Crippen LogP contribution in [0.5, 0.6) is 0 Å². The molecule has 0 heterocycles. The highest BCUT2D eigenvalue weighted by atomic mass is 32.1. The Kier molecular flexibility index (Phi) is 29.6. The lowest BCUT2D eigenvalue weighted by molar-refractivity contribution is -0.141. The lowest BCUT2D eigenvalue weighted by Gasteiger charge is -2.28. The van der Waals surface area contributed by atoms with Gasteiger partial charge in [-0.1, -0.05) is 60.7 Å². The summed E-state index contributed by atoms with van der Waals surface area (Å²) < 4.78 is 0. The number of hydrogen-bond acceptors (Lipinski definition) is 16. The number of guanidine groups is 2.